The Morgan fingerprint density at radius 1 is 1.38 bits per heavy atom. The maximum atomic E-state index is 12.1. The Morgan fingerprint density at radius 3 is 2.76 bits per heavy atom. The summed E-state index contributed by atoms with van der Waals surface area (Å²) in [6.45, 7) is 5.21. The molecule has 120 valence electrons. The molecule has 0 aliphatic carbocycles. The predicted molar refractivity (Wildman–Crippen MR) is 79.8 cm³/mol. The smallest absolute Gasteiger partial charge is 0.224 e. The molecule has 6 heteroatoms. The lowest BCUT2D eigenvalue weighted by Gasteiger charge is -2.32. The van der Waals surface area contributed by atoms with Crippen molar-refractivity contribution in [3.05, 3.63) is 0 Å². The third-order valence-electron chi connectivity index (χ3n) is 4.52. The molecule has 2 rings (SSSR count). The minimum absolute atomic E-state index is 0.0514. The van der Waals surface area contributed by atoms with Crippen LogP contribution in [0.2, 0.25) is 0 Å². The molecule has 2 amide bonds. The van der Waals surface area contributed by atoms with E-state index in [2.05, 4.69) is 15.5 Å². The van der Waals surface area contributed by atoms with Crippen LogP contribution in [0.1, 0.15) is 25.7 Å². The number of carbonyl (C=O) groups is 2. The maximum Gasteiger partial charge on any atom is 0.224 e. The molecule has 2 aliphatic rings. The van der Waals surface area contributed by atoms with Gasteiger partial charge in [0.2, 0.25) is 11.8 Å². The molecule has 0 bridgehead atoms. The average Bonchev–Trinajstić information content (AvgIpc) is 2.52. The van der Waals surface area contributed by atoms with Gasteiger partial charge in [-0.1, -0.05) is 0 Å². The number of rotatable bonds is 6. The Labute approximate surface area is 126 Å². The van der Waals surface area contributed by atoms with Crippen LogP contribution in [0.15, 0.2) is 0 Å². The summed E-state index contributed by atoms with van der Waals surface area (Å²) in [7, 11) is 1.73. The topological polar surface area (TPSA) is 70.7 Å². The first-order chi connectivity index (χ1) is 10.2. The van der Waals surface area contributed by atoms with Gasteiger partial charge in [0.05, 0.1) is 12.5 Å². The van der Waals surface area contributed by atoms with Crippen molar-refractivity contribution in [2.45, 2.75) is 25.7 Å². The van der Waals surface area contributed by atoms with E-state index in [9.17, 15) is 9.59 Å². The lowest BCUT2D eigenvalue weighted by atomic mass is 9.95. The second kappa shape index (κ2) is 8.34. The van der Waals surface area contributed by atoms with Crippen molar-refractivity contribution in [3.8, 4) is 0 Å². The molecular formula is C15H27N3O3. The van der Waals surface area contributed by atoms with Gasteiger partial charge in [-0.2, -0.15) is 0 Å². The van der Waals surface area contributed by atoms with Crippen molar-refractivity contribution in [2.75, 3.05) is 46.4 Å². The van der Waals surface area contributed by atoms with E-state index in [4.69, 9.17) is 4.74 Å². The van der Waals surface area contributed by atoms with E-state index in [-0.39, 0.29) is 17.7 Å². The Morgan fingerprint density at radius 2 is 2.14 bits per heavy atom. The highest BCUT2D eigenvalue weighted by Crippen LogP contribution is 2.17. The van der Waals surface area contributed by atoms with Gasteiger partial charge in [-0.15, -0.1) is 0 Å². The lowest BCUT2D eigenvalue weighted by Crippen LogP contribution is -2.45. The Bertz CT molecular complexity index is 344. The molecule has 2 N–H and O–H groups in total. The van der Waals surface area contributed by atoms with Gasteiger partial charge >= 0.3 is 0 Å². The van der Waals surface area contributed by atoms with Crippen LogP contribution in [0, 0.1) is 11.8 Å². The summed E-state index contributed by atoms with van der Waals surface area (Å²) in [5, 5.41) is 5.82. The SMILES string of the molecule is COCCN1CCC(CNC(=O)[C@H]2CCC(=O)NC2)CC1. The number of ether oxygens (including phenoxy) is 1. The number of nitrogens with zero attached hydrogens (tertiary/aromatic N) is 1. The van der Waals surface area contributed by atoms with E-state index in [0.717, 1.165) is 45.6 Å². The van der Waals surface area contributed by atoms with Gasteiger partial charge in [0.25, 0.3) is 0 Å². The van der Waals surface area contributed by atoms with E-state index in [1.807, 2.05) is 0 Å². The summed E-state index contributed by atoms with van der Waals surface area (Å²) >= 11 is 0. The highest BCUT2D eigenvalue weighted by Gasteiger charge is 2.25. The average molecular weight is 297 g/mol. The van der Waals surface area contributed by atoms with E-state index in [1.54, 1.807) is 7.11 Å². The highest BCUT2D eigenvalue weighted by molar-refractivity contribution is 5.83. The van der Waals surface area contributed by atoms with Crippen LogP contribution in [0.5, 0.6) is 0 Å². The number of methoxy groups -OCH3 is 1. The summed E-state index contributed by atoms with van der Waals surface area (Å²) in [5.41, 5.74) is 0. The molecule has 0 aromatic carbocycles. The Balaban J connectivity index is 1.61. The van der Waals surface area contributed by atoms with Gasteiger partial charge in [0.15, 0.2) is 0 Å². The van der Waals surface area contributed by atoms with E-state index >= 15 is 0 Å². The first-order valence-electron chi connectivity index (χ1n) is 7.94. The largest absolute Gasteiger partial charge is 0.383 e. The van der Waals surface area contributed by atoms with Crippen LogP contribution in [-0.4, -0.2) is 63.2 Å². The van der Waals surface area contributed by atoms with Crippen LogP contribution in [0.3, 0.4) is 0 Å². The van der Waals surface area contributed by atoms with Crippen LogP contribution in [-0.2, 0) is 14.3 Å². The molecule has 1 atom stereocenters. The van der Waals surface area contributed by atoms with Crippen molar-refractivity contribution in [1.29, 1.82) is 0 Å². The zero-order chi connectivity index (χ0) is 15.1. The fourth-order valence-corrected chi connectivity index (χ4v) is 2.98. The van der Waals surface area contributed by atoms with Gasteiger partial charge < -0.3 is 20.3 Å². The normalized spacial score (nSPS) is 24.6. The molecule has 2 aliphatic heterocycles. The molecule has 0 aromatic heterocycles. The number of carbonyl (C=O) groups excluding carboxylic acids is 2. The van der Waals surface area contributed by atoms with Gasteiger partial charge in [0.1, 0.15) is 0 Å². The molecule has 2 saturated heterocycles. The standard InChI is InChI=1S/C15H27N3O3/c1-21-9-8-18-6-4-12(5-7-18)10-17-15(20)13-2-3-14(19)16-11-13/h12-13H,2-11H2,1H3,(H,16,19)(H,17,20)/t13-/m0/s1. The van der Waals surface area contributed by atoms with Gasteiger partial charge in [-0.3, -0.25) is 9.59 Å². The lowest BCUT2D eigenvalue weighted by molar-refractivity contribution is -0.129. The monoisotopic (exact) mass is 297 g/mol. The molecule has 0 radical (unpaired) electrons. The van der Waals surface area contributed by atoms with Crippen LogP contribution in [0.4, 0.5) is 0 Å². The van der Waals surface area contributed by atoms with Gasteiger partial charge in [-0.05, 0) is 38.3 Å². The van der Waals surface area contributed by atoms with E-state index < -0.39 is 0 Å². The molecular weight excluding hydrogens is 270 g/mol. The highest BCUT2D eigenvalue weighted by atomic mass is 16.5. The van der Waals surface area contributed by atoms with Gasteiger partial charge in [-0.25, -0.2) is 0 Å². The number of hydrogen-bond donors (Lipinski definition) is 2. The first-order valence-corrected chi connectivity index (χ1v) is 7.94. The minimum atomic E-state index is -0.0514. The number of piperidine rings is 2. The Kier molecular flexibility index (Phi) is 6.45. The number of amides is 2. The van der Waals surface area contributed by atoms with Gasteiger partial charge in [0, 0.05) is 33.2 Å². The molecule has 0 saturated carbocycles. The molecule has 0 unspecified atom stereocenters. The summed E-state index contributed by atoms with van der Waals surface area (Å²) in [6, 6.07) is 0. The second-order valence-electron chi connectivity index (χ2n) is 6.06. The van der Waals surface area contributed by atoms with Crippen LogP contribution < -0.4 is 10.6 Å². The minimum Gasteiger partial charge on any atom is -0.383 e. The third kappa shape index (κ3) is 5.28. The van der Waals surface area contributed by atoms with Crippen molar-refractivity contribution in [3.63, 3.8) is 0 Å². The molecule has 2 fully saturated rings. The summed E-state index contributed by atoms with van der Waals surface area (Å²) < 4.78 is 5.10. The second-order valence-corrected chi connectivity index (χ2v) is 6.06. The fraction of sp³-hybridized carbons (Fsp3) is 0.867. The summed E-state index contributed by atoms with van der Waals surface area (Å²) in [6.07, 6.45) is 3.40. The van der Waals surface area contributed by atoms with Crippen molar-refractivity contribution < 1.29 is 14.3 Å². The molecule has 0 spiro atoms. The number of hydrogen-bond acceptors (Lipinski definition) is 4. The number of likely N-dealkylation sites (tertiary alicyclic amines) is 1. The number of nitrogens with one attached hydrogen (secondary N) is 2. The maximum absolute atomic E-state index is 12.1. The third-order valence-corrected chi connectivity index (χ3v) is 4.52. The zero-order valence-corrected chi connectivity index (χ0v) is 12.9. The molecule has 2 heterocycles. The first kappa shape index (κ1) is 16.2. The molecule has 21 heavy (non-hydrogen) atoms. The zero-order valence-electron chi connectivity index (χ0n) is 12.9. The predicted octanol–water partition coefficient (Wildman–Crippen LogP) is -0.0128. The summed E-state index contributed by atoms with van der Waals surface area (Å²) in [5.74, 6) is 0.676. The van der Waals surface area contributed by atoms with E-state index in [1.165, 1.54) is 0 Å². The van der Waals surface area contributed by atoms with E-state index in [0.29, 0.717) is 25.3 Å². The van der Waals surface area contributed by atoms with Crippen molar-refractivity contribution in [2.24, 2.45) is 11.8 Å². The van der Waals surface area contributed by atoms with Crippen LogP contribution >= 0.6 is 0 Å². The molecule has 0 aromatic rings. The fourth-order valence-electron chi connectivity index (χ4n) is 2.98. The van der Waals surface area contributed by atoms with Crippen LogP contribution in [0.25, 0.3) is 0 Å². The quantitative estimate of drug-likeness (QED) is 0.723. The van der Waals surface area contributed by atoms with Crippen molar-refractivity contribution >= 4 is 11.8 Å². The Hall–Kier alpha value is -1.14. The van der Waals surface area contributed by atoms with Crippen molar-refractivity contribution in [1.82, 2.24) is 15.5 Å². The molecule has 6 nitrogen and oxygen atoms in total. The summed E-state index contributed by atoms with van der Waals surface area (Å²) in [4.78, 5) is 25.6.